The quantitative estimate of drug-likeness (QED) is 0.268. The van der Waals surface area contributed by atoms with Gasteiger partial charge < -0.3 is 29.2 Å². The van der Waals surface area contributed by atoms with Gasteiger partial charge in [-0.15, -0.1) is 0 Å². The van der Waals surface area contributed by atoms with Crippen molar-refractivity contribution in [1.82, 2.24) is 14.6 Å². The molecule has 1 aliphatic rings. The zero-order valence-corrected chi connectivity index (χ0v) is 23.9. The summed E-state index contributed by atoms with van der Waals surface area (Å²) in [5, 5.41) is 17.1. The summed E-state index contributed by atoms with van der Waals surface area (Å²) in [7, 11) is 3.45. The van der Waals surface area contributed by atoms with Gasteiger partial charge in [-0.05, 0) is 23.8 Å². The molecule has 2 amide bonds. The van der Waals surface area contributed by atoms with Gasteiger partial charge in [0.15, 0.2) is 0 Å². The molecule has 12 heteroatoms. The number of hydrogen-bond donors (Lipinski definition) is 2. The number of likely N-dealkylation sites (tertiary alicyclic amines) is 1. The van der Waals surface area contributed by atoms with Crippen molar-refractivity contribution in [3.05, 3.63) is 81.3 Å². The van der Waals surface area contributed by atoms with E-state index < -0.39 is 12.0 Å². The van der Waals surface area contributed by atoms with E-state index in [4.69, 9.17) is 37.6 Å². The van der Waals surface area contributed by atoms with Crippen molar-refractivity contribution in [1.29, 1.82) is 0 Å². The zero-order chi connectivity index (χ0) is 29.3. The van der Waals surface area contributed by atoms with Crippen molar-refractivity contribution in [3.8, 4) is 0 Å². The normalized spacial score (nSPS) is 16.8. The van der Waals surface area contributed by atoms with Crippen molar-refractivity contribution < 1.29 is 28.8 Å². The van der Waals surface area contributed by atoms with Gasteiger partial charge in [0, 0.05) is 61.2 Å². The molecule has 2 aromatic carbocycles. The van der Waals surface area contributed by atoms with Crippen LogP contribution in [0, 0.1) is 0 Å². The Morgan fingerprint density at radius 2 is 1.98 bits per heavy atom. The maximum Gasteiger partial charge on any atom is 0.303 e. The SMILES string of the molecule is CO[C@H]1C[C@@H](c2cnoc2CCC(=O)O)N(C(=O)Cc2cc(Cl)c(NC(=O)c3cn(C)c4ccccc34)cc2Cl)C1. The molecule has 1 fully saturated rings. The van der Waals surface area contributed by atoms with Gasteiger partial charge in [-0.2, -0.15) is 0 Å². The Balaban J connectivity index is 1.33. The van der Waals surface area contributed by atoms with E-state index in [1.54, 1.807) is 30.3 Å². The van der Waals surface area contributed by atoms with Gasteiger partial charge in [-0.1, -0.05) is 46.6 Å². The highest BCUT2D eigenvalue weighted by Gasteiger charge is 2.38. The van der Waals surface area contributed by atoms with Gasteiger partial charge >= 0.3 is 5.97 Å². The van der Waals surface area contributed by atoms with E-state index in [9.17, 15) is 14.4 Å². The highest BCUT2D eigenvalue weighted by atomic mass is 35.5. The molecule has 0 spiro atoms. The van der Waals surface area contributed by atoms with Crippen LogP contribution in [-0.2, 0) is 34.2 Å². The number of hydrogen-bond acceptors (Lipinski definition) is 6. The van der Waals surface area contributed by atoms with Crippen molar-refractivity contribution >= 4 is 57.6 Å². The summed E-state index contributed by atoms with van der Waals surface area (Å²) in [6.45, 7) is 0.341. The molecule has 3 heterocycles. The number of nitrogens with zero attached hydrogens (tertiary/aromatic N) is 3. The lowest BCUT2D eigenvalue weighted by atomic mass is 10.0. The van der Waals surface area contributed by atoms with Crippen LogP contribution in [0.1, 0.15) is 46.1 Å². The van der Waals surface area contributed by atoms with Gasteiger partial charge in [-0.25, -0.2) is 0 Å². The third-order valence-corrected chi connectivity index (χ3v) is 8.05. The average Bonchev–Trinajstić information content (AvgIpc) is 3.67. The molecule has 1 aliphatic heterocycles. The second kappa shape index (κ2) is 11.9. The molecule has 0 aliphatic carbocycles. The van der Waals surface area contributed by atoms with Crippen LogP contribution in [0.15, 0.2) is 53.3 Å². The fraction of sp³-hybridized carbons (Fsp3) is 0.310. The van der Waals surface area contributed by atoms with E-state index in [1.165, 1.54) is 6.20 Å². The number of carbonyl (C=O) groups excluding carboxylic acids is 2. The molecule has 2 atom stereocenters. The van der Waals surface area contributed by atoms with Crippen molar-refractivity contribution in [2.75, 3.05) is 19.0 Å². The summed E-state index contributed by atoms with van der Waals surface area (Å²) >= 11 is 13.1. The number of halogens is 2. The number of amides is 2. The third kappa shape index (κ3) is 5.95. The molecule has 5 rings (SSSR count). The molecule has 0 unspecified atom stereocenters. The molecule has 1 saturated heterocycles. The Bertz CT molecular complexity index is 1630. The maximum absolute atomic E-state index is 13.5. The molecule has 0 saturated carbocycles. The molecule has 2 aromatic heterocycles. The number of benzene rings is 2. The van der Waals surface area contributed by atoms with Gasteiger partial charge in [0.1, 0.15) is 5.76 Å². The smallest absolute Gasteiger partial charge is 0.303 e. The first-order valence-corrected chi connectivity index (χ1v) is 13.7. The third-order valence-electron chi connectivity index (χ3n) is 7.39. The Morgan fingerprint density at radius 1 is 1.20 bits per heavy atom. The first-order chi connectivity index (χ1) is 19.7. The number of nitrogens with one attached hydrogen (secondary N) is 1. The van der Waals surface area contributed by atoms with Crippen LogP contribution in [0.5, 0.6) is 0 Å². The van der Waals surface area contributed by atoms with Gasteiger partial charge in [0.05, 0.1) is 47.5 Å². The molecule has 0 bridgehead atoms. The molecule has 214 valence electrons. The van der Waals surface area contributed by atoms with E-state index in [2.05, 4.69) is 10.5 Å². The number of carbonyl (C=O) groups is 3. The monoisotopic (exact) mass is 598 g/mol. The van der Waals surface area contributed by atoms with Crippen molar-refractivity contribution in [2.24, 2.45) is 7.05 Å². The summed E-state index contributed by atoms with van der Waals surface area (Å²) in [5.41, 5.74) is 2.91. The van der Waals surface area contributed by atoms with E-state index >= 15 is 0 Å². The zero-order valence-electron chi connectivity index (χ0n) is 22.4. The standard InChI is InChI=1S/C29H28Cl2N4O6/c1-34-15-20(18-5-3-4-6-24(18)34)29(39)33-23-12-21(30)16(9-22(23)31)10-27(36)35-14-17(40-2)11-25(35)19-13-32-41-26(19)7-8-28(37)38/h3-6,9,12-13,15,17,25H,7-8,10-11,14H2,1-2H3,(H,33,39)(H,37,38)/t17-,25-/m0/s1. The molecule has 41 heavy (non-hydrogen) atoms. The van der Waals surface area contributed by atoms with Crippen LogP contribution >= 0.6 is 23.2 Å². The number of aromatic nitrogens is 2. The predicted octanol–water partition coefficient (Wildman–Crippen LogP) is 5.27. The lowest BCUT2D eigenvalue weighted by molar-refractivity contribution is -0.137. The predicted molar refractivity (Wildman–Crippen MR) is 153 cm³/mol. The lowest BCUT2D eigenvalue weighted by Crippen LogP contribution is -2.33. The molecule has 2 N–H and O–H groups in total. The Morgan fingerprint density at radius 3 is 2.73 bits per heavy atom. The fourth-order valence-electron chi connectivity index (χ4n) is 5.29. The van der Waals surface area contributed by atoms with Crippen molar-refractivity contribution in [3.63, 3.8) is 0 Å². The van der Waals surface area contributed by atoms with Crippen LogP contribution in [0.4, 0.5) is 5.69 Å². The number of anilines is 1. The highest BCUT2D eigenvalue weighted by Crippen LogP contribution is 2.37. The van der Waals surface area contributed by atoms with Crippen LogP contribution in [0.25, 0.3) is 10.9 Å². The first-order valence-electron chi connectivity index (χ1n) is 13.0. The lowest BCUT2D eigenvalue weighted by Gasteiger charge is -2.24. The van der Waals surface area contributed by atoms with Crippen molar-refractivity contribution in [2.45, 2.75) is 37.8 Å². The topological polar surface area (TPSA) is 127 Å². The van der Waals surface area contributed by atoms with Gasteiger partial charge in [-0.3, -0.25) is 14.4 Å². The molecule has 0 radical (unpaired) electrons. The second-order valence-electron chi connectivity index (χ2n) is 9.98. The summed E-state index contributed by atoms with van der Waals surface area (Å²) in [6, 6.07) is 10.3. The maximum atomic E-state index is 13.5. The Hall–Kier alpha value is -3.86. The average molecular weight is 599 g/mol. The minimum absolute atomic E-state index is 0.0429. The number of carboxylic acid groups (broad SMARTS) is 1. The summed E-state index contributed by atoms with van der Waals surface area (Å²) < 4.78 is 12.7. The molecule has 10 nitrogen and oxygen atoms in total. The summed E-state index contributed by atoms with van der Waals surface area (Å²) in [4.78, 5) is 39.4. The van der Waals surface area contributed by atoms with Gasteiger partial charge in [0.25, 0.3) is 5.91 Å². The van der Waals surface area contributed by atoms with Gasteiger partial charge in [0.2, 0.25) is 5.91 Å². The number of para-hydroxylation sites is 1. The molecular weight excluding hydrogens is 571 g/mol. The molecule has 4 aromatic rings. The minimum Gasteiger partial charge on any atom is -0.481 e. The Kier molecular flexibility index (Phi) is 8.35. The van der Waals surface area contributed by atoms with Crippen LogP contribution < -0.4 is 5.32 Å². The number of aliphatic carboxylic acids is 1. The number of carboxylic acids is 1. The van der Waals surface area contributed by atoms with E-state index in [-0.39, 0.29) is 47.2 Å². The fourth-order valence-corrected chi connectivity index (χ4v) is 5.75. The van der Waals surface area contributed by atoms with Crippen LogP contribution in [0.2, 0.25) is 10.0 Å². The number of ether oxygens (including phenoxy) is 1. The number of fused-ring (bicyclic) bond motifs is 1. The van der Waals surface area contributed by atoms with E-state index in [1.807, 2.05) is 35.9 Å². The van der Waals surface area contributed by atoms with E-state index in [0.717, 1.165) is 10.9 Å². The number of methoxy groups -OCH3 is 1. The van der Waals surface area contributed by atoms with Crippen LogP contribution in [-0.4, -0.2) is 57.3 Å². The minimum atomic E-state index is -0.954. The summed E-state index contributed by atoms with van der Waals surface area (Å²) in [6.07, 6.45) is 3.58. The number of aryl methyl sites for hydroxylation is 2. The number of rotatable bonds is 9. The Labute approximate surface area is 245 Å². The molecular formula is C29H28Cl2N4O6. The summed E-state index contributed by atoms with van der Waals surface area (Å²) in [5.74, 6) is -1.07. The van der Waals surface area contributed by atoms with E-state index in [0.29, 0.717) is 41.1 Å². The van der Waals surface area contributed by atoms with Crippen LogP contribution in [0.3, 0.4) is 0 Å². The highest BCUT2D eigenvalue weighted by molar-refractivity contribution is 6.36. The second-order valence-corrected chi connectivity index (χ2v) is 10.8. The first kappa shape index (κ1) is 28.7. The largest absolute Gasteiger partial charge is 0.481 e.